The summed E-state index contributed by atoms with van der Waals surface area (Å²) < 4.78 is 68.6. The van der Waals surface area contributed by atoms with Crippen molar-refractivity contribution in [3.63, 3.8) is 0 Å². The van der Waals surface area contributed by atoms with Crippen molar-refractivity contribution >= 4 is 39.5 Å². The molecule has 0 saturated heterocycles. The summed E-state index contributed by atoms with van der Waals surface area (Å²) in [5, 5.41) is 10.6. The Labute approximate surface area is 594 Å². The van der Waals surface area contributed by atoms with E-state index < -0.39 is 97.5 Å². The number of ether oxygens (including phenoxy) is 4. The Kier molecular flexibility index (Phi) is 65.9. The number of carbonyl (C=O) groups is 4. The van der Waals surface area contributed by atoms with Crippen molar-refractivity contribution in [2.75, 3.05) is 39.6 Å². The summed E-state index contributed by atoms with van der Waals surface area (Å²) in [6.07, 6.45) is 52.8. The number of rotatable bonds is 75. The number of phosphoric ester groups is 2. The molecule has 0 bridgehead atoms. The summed E-state index contributed by atoms with van der Waals surface area (Å²) in [7, 11) is -9.92. The van der Waals surface area contributed by atoms with Crippen LogP contribution < -0.4 is 0 Å². The smallest absolute Gasteiger partial charge is 0.462 e. The minimum Gasteiger partial charge on any atom is -0.462 e. The van der Waals surface area contributed by atoms with E-state index in [0.717, 1.165) is 120 Å². The second-order valence-corrected chi connectivity index (χ2v) is 32.7. The molecule has 6 atom stereocenters. The van der Waals surface area contributed by atoms with Crippen LogP contribution in [0.15, 0.2) is 0 Å². The molecule has 0 saturated carbocycles. The first-order valence-corrected chi connectivity index (χ1v) is 43.2. The first-order chi connectivity index (χ1) is 46.6. The lowest BCUT2D eigenvalue weighted by molar-refractivity contribution is -0.161. The summed E-state index contributed by atoms with van der Waals surface area (Å²) in [6, 6.07) is 0. The van der Waals surface area contributed by atoms with Crippen molar-refractivity contribution in [3.05, 3.63) is 0 Å². The van der Waals surface area contributed by atoms with Crippen molar-refractivity contribution in [1.29, 1.82) is 0 Å². The van der Waals surface area contributed by atoms with E-state index in [-0.39, 0.29) is 25.7 Å². The third-order valence-electron chi connectivity index (χ3n) is 18.4. The molecule has 0 heterocycles. The first kappa shape index (κ1) is 95.1. The van der Waals surface area contributed by atoms with E-state index in [0.29, 0.717) is 25.7 Å². The number of phosphoric acid groups is 2. The van der Waals surface area contributed by atoms with Crippen molar-refractivity contribution in [2.45, 2.75) is 414 Å². The van der Waals surface area contributed by atoms with Gasteiger partial charge in [0.25, 0.3) is 0 Å². The van der Waals surface area contributed by atoms with Gasteiger partial charge in [0, 0.05) is 25.7 Å². The standard InChI is InChI=1S/C78H152O17P2/c1-9-71(8)57-49-41-36-37-43-51-59-76(81)89-65-74(95-78(83)61-53-45-35-29-23-26-32-40-48-56-70(6)7)67-93-97(86,87)91-63-72(79)62-90-96(84,85)92-66-73(64-88-75(80)58-50-42-33-27-21-18-14-16-20-25-31-39-47-55-69(4)5)94-77(82)60-52-44-34-28-22-17-13-11-10-12-15-19-24-30-38-46-54-68(2)3/h68-74,79H,9-67H2,1-8H3,(H,84,85)(H,86,87)/t71?,72-,73-,74-/m1/s1. The van der Waals surface area contributed by atoms with Gasteiger partial charge in [-0.15, -0.1) is 0 Å². The van der Waals surface area contributed by atoms with Gasteiger partial charge >= 0.3 is 39.5 Å². The average Bonchev–Trinajstić information content (AvgIpc) is 1.17. The van der Waals surface area contributed by atoms with E-state index in [1.165, 1.54) is 193 Å². The molecule has 0 radical (unpaired) electrons. The van der Waals surface area contributed by atoms with Crippen LogP contribution in [0.25, 0.3) is 0 Å². The van der Waals surface area contributed by atoms with Gasteiger partial charge in [0.05, 0.1) is 26.4 Å². The second kappa shape index (κ2) is 67.2. The minimum absolute atomic E-state index is 0.104. The Balaban J connectivity index is 5.24. The fraction of sp³-hybridized carbons (Fsp3) is 0.949. The molecule has 0 aromatic heterocycles. The Morgan fingerprint density at radius 2 is 0.495 bits per heavy atom. The van der Waals surface area contributed by atoms with Gasteiger partial charge in [-0.2, -0.15) is 0 Å². The van der Waals surface area contributed by atoms with Crippen LogP contribution in [0.5, 0.6) is 0 Å². The van der Waals surface area contributed by atoms with Crippen LogP contribution >= 0.6 is 15.6 Å². The van der Waals surface area contributed by atoms with Crippen molar-refractivity contribution in [3.8, 4) is 0 Å². The zero-order valence-electron chi connectivity index (χ0n) is 63.7. The maximum atomic E-state index is 13.1. The maximum Gasteiger partial charge on any atom is 0.472 e. The number of esters is 4. The largest absolute Gasteiger partial charge is 0.472 e. The fourth-order valence-electron chi connectivity index (χ4n) is 11.9. The topological polar surface area (TPSA) is 237 Å². The maximum absolute atomic E-state index is 13.1. The van der Waals surface area contributed by atoms with Crippen molar-refractivity contribution in [1.82, 2.24) is 0 Å². The fourth-order valence-corrected chi connectivity index (χ4v) is 13.5. The van der Waals surface area contributed by atoms with Crippen molar-refractivity contribution < 1.29 is 80.2 Å². The molecule has 3 unspecified atom stereocenters. The summed E-state index contributed by atoms with van der Waals surface area (Å²) in [5.41, 5.74) is 0. The highest BCUT2D eigenvalue weighted by Crippen LogP contribution is 2.45. The summed E-state index contributed by atoms with van der Waals surface area (Å²) in [5.74, 6) is 0.948. The first-order valence-electron chi connectivity index (χ1n) is 40.2. The molecule has 97 heavy (non-hydrogen) atoms. The predicted molar refractivity (Wildman–Crippen MR) is 395 cm³/mol. The molecule has 19 heteroatoms. The molecular weight excluding hydrogens is 1270 g/mol. The minimum atomic E-state index is -4.96. The molecule has 0 aromatic rings. The normalized spacial score (nSPS) is 14.4. The molecule has 576 valence electrons. The van der Waals surface area contributed by atoms with Gasteiger partial charge in [0.15, 0.2) is 12.2 Å². The number of carbonyl (C=O) groups excluding carboxylic acids is 4. The second-order valence-electron chi connectivity index (χ2n) is 29.8. The van der Waals surface area contributed by atoms with Crippen molar-refractivity contribution in [2.24, 2.45) is 23.7 Å². The molecule has 0 spiro atoms. The molecule has 0 aliphatic carbocycles. The Bertz CT molecular complexity index is 1900. The van der Waals surface area contributed by atoms with Gasteiger partial charge in [-0.05, 0) is 49.4 Å². The van der Waals surface area contributed by atoms with Crippen LogP contribution in [-0.2, 0) is 65.4 Å². The summed E-state index contributed by atoms with van der Waals surface area (Å²) in [6.45, 7) is 14.2. The third kappa shape index (κ3) is 70.9. The number of aliphatic hydroxyl groups excluding tert-OH is 1. The monoisotopic (exact) mass is 1420 g/mol. The van der Waals surface area contributed by atoms with E-state index in [4.69, 9.17) is 37.0 Å². The molecule has 17 nitrogen and oxygen atoms in total. The number of hydrogen-bond acceptors (Lipinski definition) is 15. The van der Waals surface area contributed by atoms with E-state index >= 15 is 0 Å². The average molecular weight is 1420 g/mol. The Hall–Kier alpha value is -1.94. The third-order valence-corrected chi connectivity index (χ3v) is 20.3. The van der Waals surface area contributed by atoms with Crippen LogP contribution in [0.4, 0.5) is 0 Å². The quantitative estimate of drug-likeness (QED) is 0.0222. The molecule has 0 aliphatic rings. The lowest BCUT2D eigenvalue weighted by Gasteiger charge is -2.21. The van der Waals surface area contributed by atoms with Crippen LogP contribution in [0.1, 0.15) is 396 Å². The highest BCUT2D eigenvalue weighted by atomic mass is 31.2. The molecule has 3 N–H and O–H groups in total. The molecule has 0 aromatic carbocycles. The van der Waals surface area contributed by atoms with Gasteiger partial charge in [0.2, 0.25) is 0 Å². The van der Waals surface area contributed by atoms with Crippen LogP contribution in [0, 0.1) is 23.7 Å². The zero-order chi connectivity index (χ0) is 71.7. The van der Waals surface area contributed by atoms with E-state index in [1.807, 2.05) is 0 Å². The van der Waals surface area contributed by atoms with E-state index in [2.05, 4.69) is 55.4 Å². The Morgan fingerprint density at radius 1 is 0.289 bits per heavy atom. The molecule has 0 fully saturated rings. The molecular formula is C78H152O17P2. The number of unbranched alkanes of at least 4 members (excludes halogenated alkanes) is 40. The number of hydrogen-bond donors (Lipinski definition) is 3. The van der Waals surface area contributed by atoms with Gasteiger partial charge in [-0.3, -0.25) is 37.3 Å². The summed E-state index contributed by atoms with van der Waals surface area (Å²) in [4.78, 5) is 72.9. The van der Waals surface area contributed by atoms with Gasteiger partial charge < -0.3 is 33.8 Å². The highest BCUT2D eigenvalue weighted by molar-refractivity contribution is 7.47. The van der Waals surface area contributed by atoms with Gasteiger partial charge in [-0.1, -0.05) is 344 Å². The molecule has 0 rings (SSSR count). The lowest BCUT2D eigenvalue weighted by atomic mass is 10.00. The van der Waals surface area contributed by atoms with Crippen LogP contribution in [0.3, 0.4) is 0 Å². The van der Waals surface area contributed by atoms with Gasteiger partial charge in [-0.25, -0.2) is 9.13 Å². The van der Waals surface area contributed by atoms with E-state index in [1.54, 1.807) is 0 Å². The lowest BCUT2D eigenvalue weighted by Crippen LogP contribution is -2.30. The predicted octanol–water partition coefficient (Wildman–Crippen LogP) is 22.8. The van der Waals surface area contributed by atoms with Crippen LogP contribution in [0.2, 0.25) is 0 Å². The SMILES string of the molecule is CCC(C)CCCCCCCCC(=O)OC[C@H](COP(=O)(O)OC[C@H](O)COP(=O)(O)OC[C@@H](COC(=O)CCCCCCCCCCCCCCCC(C)C)OC(=O)CCCCCCCCCCCCCCCCCCC(C)C)OC(=O)CCCCCCCCCCCC(C)C. The molecule has 0 amide bonds. The zero-order valence-corrected chi connectivity index (χ0v) is 65.5. The van der Waals surface area contributed by atoms with Gasteiger partial charge in [0.1, 0.15) is 19.3 Å². The highest BCUT2D eigenvalue weighted by Gasteiger charge is 2.30. The molecule has 0 aliphatic heterocycles. The van der Waals surface area contributed by atoms with Crippen LogP contribution in [-0.4, -0.2) is 96.7 Å². The van der Waals surface area contributed by atoms with E-state index in [9.17, 15) is 43.2 Å². The Morgan fingerprint density at radius 3 is 0.732 bits per heavy atom. The number of aliphatic hydroxyl groups is 1. The summed E-state index contributed by atoms with van der Waals surface area (Å²) >= 11 is 0.